The standard InChI is InChI=1S/C28H28N2O2/c31-27(19-26(21-9-3-1-4-10-21)22-11-5-2-6-12-22)29-17-15-24(16-18-29)30-20-23-13-7-8-14-25(23)28(30)32/h1-14,24,26H,15-20H2. The smallest absolute Gasteiger partial charge is 0.254 e. The fraction of sp³-hybridized carbons (Fsp3) is 0.286. The lowest BCUT2D eigenvalue weighted by molar-refractivity contribution is -0.132. The second-order valence-electron chi connectivity index (χ2n) is 8.78. The van der Waals surface area contributed by atoms with E-state index in [0.29, 0.717) is 26.1 Å². The Labute approximate surface area is 189 Å². The monoisotopic (exact) mass is 424 g/mol. The molecule has 32 heavy (non-hydrogen) atoms. The van der Waals surface area contributed by atoms with Gasteiger partial charge in [0.05, 0.1) is 0 Å². The summed E-state index contributed by atoms with van der Waals surface area (Å²) in [5.74, 6) is 0.382. The highest BCUT2D eigenvalue weighted by molar-refractivity contribution is 5.98. The molecule has 2 amide bonds. The third-order valence-electron chi connectivity index (χ3n) is 6.89. The van der Waals surface area contributed by atoms with E-state index in [1.807, 2.05) is 70.5 Å². The zero-order chi connectivity index (χ0) is 21.9. The van der Waals surface area contributed by atoms with Crippen LogP contribution in [0, 0.1) is 0 Å². The molecule has 4 nitrogen and oxygen atoms in total. The summed E-state index contributed by atoms with van der Waals surface area (Å²) in [7, 11) is 0. The number of carbonyl (C=O) groups is 2. The number of likely N-dealkylation sites (tertiary alicyclic amines) is 1. The summed E-state index contributed by atoms with van der Waals surface area (Å²) in [4.78, 5) is 30.1. The van der Waals surface area contributed by atoms with Crippen molar-refractivity contribution in [2.24, 2.45) is 0 Å². The Morgan fingerprint density at radius 1 is 0.812 bits per heavy atom. The second kappa shape index (κ2) is 8.99. The highest BCUT2D eigenvalue weighted by atomic mass is 16.2. The quantitative estimate of drug-likeness (QED) is 0.587. The lowest BCUT2D eigenvalue weighted by Crippen LogP contribution is -2.47. The van der Waals surface area contributed by atoms with Crippen LogP contribution in [0.15, 0.2) is 84.9 Å². The molecule has 0 radical (unpaired) electrons. The minimum atomic E-state index is 0.0530. The van der Waals surface area contributed by atoms with Crippen LogP contribution in [0.3, 0.4) is 0 Å². The molecule has 0 saturated carbocycles. The number of hydrogen-bond acceptors (Lipinski definition) is 2. The van der Waals surface area contributed by atoms with Gasteiger partial charge in [0, 0.05) is 43.6 Å². The van der Waals surface area contributed by atoms with Crippen LogP contribution in [-0.2, 0) is 11.3 Å². The van der Waals surface area contributed by atoms with E-state index >= 15 is 0 Å². The van der Waals surface area contributed by atoms with Gasteiger partial charge in [0.1, 0.15) is 0 Å². The van der Waals surface area contributed by atoms with Crippen molar-refractivity contribution < 1.29 is 9.59 Å². The van der Waals surface area contributed by atoms with Gasteiger partial charge in [-0.05, 0) is 35.6 Å². The topological polar surface area (TPSA) is 40.6 Å². The maximum Gasteiger partial charge on any atom is 0.254 e. The molecule has 1 fully saturated rings. The Hall–Kier alpha value is -3.40. The van der Waals surface area contributed by atoms with Crippen LogP contribution in [0.25, 0.3) is 0 Å². The SMILES string of the molecule is O=C(CC(c1ccccc1)c1ccccc1)N1CCC(N2Cc3ccccc3C2=O)CC1. The van der Waals surface area contributed by atoms with E-state index in [4.69, 9.17) is 0 Å². The van der Waals surface area contributed by atoms with Gasteiger partial charge in [-0.1, -0.05) is 78.9 Å². The highest BCUT2D eigenvalue weighted by Crippen LogP contribution is 2.31. The molecule has 2 heterocycles. The van der Waals surface area contributed by atoms with Gasteiger partial charge in [-0.25, -0.2) is 0 Å². The number of benzene rings is 3. The normalized spacial score (nSPS) is 16.5. The predicted octanol–water partition coefficient (Wildman–Crippen LogP) is 4.86. The first-order valence-corrected chi connectivity index (χ1v) is 11.5. The maximum absolute atomic E-state index is 13.3. The van der Waals surface area contributed by atoms with E-state index in [1.165, 1.54) is 11.1 Å². The van der Waals surface area contributed by atoms with E-state index < -0.39 is 0 Å². The van der Waals surface area contributed by atoms with Crippen molar-refractivity contribution in [3.63, 3.8) is 0 Å². The number of nitrogens with zero attached hydrogens (tertiary/aromatic N) is 2. The Morgan fingerprint density at radius 2 is 1.38 bits per heavy atom. The van der Waals surface area contributed by atoms with Gasteiger partial charge in [-0.15, -0.1) is 0 Å². The fourth-order valence-corrected chi connectivity index (χ4v) is 5.10. The molecule has 2 aliphatic heterocycles. The Kier molecular flexibility index (Phi) is 5.76. The van der Waals surface area contributed by atoms with Crippen LogP contribution < -0.4 is 0 Å². The van der Waals surface area contributed by atoms with E-state index in [-0.39, 0.29) is 23.8 Å². The average Bonchev–Trinajstić information content (AvgIpc) is 3.20. The average molecular weight is 425 g/mol. The molecule has 0 bridgehead atoms. The van der Waals surface area contributed by atoms with E-state index in [1.54, 1.807) is 0 Å². The number of hydrogen-bond donors (Lipinski definition) is 0. The first kappa shape index (κ1) is 20.5. The van der Waals surface area contributed by atoms with Crippen LogP contribution in [-0.4, -0.2) is 40.7 Å². The van der Waals surface area contributed by atoms with Gasteiger partial charge in [0.2, 0.25) is 5.91 Å². The van der Waals surface area contributed by atoms with Crippen LogP contribution >= 0.6 is 0 Å². The van der Waals surface area contributed by atoms with Crippen molar-refractivity contribution in [2.75, 3.05) is 13.1 Å². The summed E-state index contributed by atoms with van der Waals surface area (Å²) in [5.41, 5.74) is 4.29. The molecule has 4 heteroatoms. The van der Waals surface area contributed by atoms with Gasteiger partial charge in [0.25, 0.3) is 5.91 Å². The summed E-state index contributed by atoms with van der Waals surface area (Å²) in [5, 5.41) is 0. The third kappa shape index (κ3) is 4.05. The van der Waals surface area contributed by atoms with Gasteiger partial charge in [-0.3, -0.25) is 9.59 Å². The second-order valence-corrected chi connectivity index (χ2v) is 8.78. The van der Waals surface area contributed by atoms with E-state index in [9.17, 15) is 9.59 Å². The number of piperidine rings is 1. The van der Waals surface area contributed by atoms with Gasteiger partial charge in [-0.2, -0.15) is 0 Å². The molecule has 3 aromatic rings. The van der Waals surface area contributed by atoms with Gasteiger partial charge >= 0.3 is 0 Å². The van der Waals surface area contributed by atoms with E-state index in [0.717, 1.165) is 24.0 Å². The van der Waals surface area contributed by atoms with Crippen molar-refractivity contribution in [1.29, 1.82) is 0 Å². The van der Waals surface area contributed by atoms with Crippen LogP contribution in [0.1, 0.15) is 52.2 Å². The summed E-state index contributed by atoms with van der Waals surface area (Å²) in [6, 6.07) is 28.7. The van der Waals surface area contributed by atoms with Crippen molar-refractivity contribution in [2.45, 2.75) is 37.8 Å². The van der Waals surface area contributed by atoms with Crippen molar-refractivity contribution in [3.05, 3.63) is 107 Å². The molecule has 5 rings (SSSR count). The molecular weight excluding hydrogens is 396 g/mol. The molecule has 0 aromatic heterocycles. The number of rotatable bonds is 5. The van der Waals surface area contributed by atoms with Crippen LogP contribution in [0.2, 0.25) is 0 Å². The molecule has 0 unspecified atom stereocenters. The maximum atomic E-state index is 13.3. The molecule has 3 aromatic carbocycles. The molecule has 0 N–H and O–H groups in total. The van der Waals surface area contributed by atoms with Crippen molar-refractivity contribution in [1.82, 2.24) is 9.80 Å². The van der Waals surface area contributed by atoms with Gasteiger partial charge < -0.3 is 9.80 Å². The Bertz CT molecular complexity index is 1050. The lowest BCUT2D eigenvalue weighted by atomic mass is 9.88. The number of amides is 2. The number of fused-ring (bicyclic) bond motifs is 1. The molecule has 162 valence electrons. The summed E-state index contributed by atoms with van der Waals surface area (Å²) >= 11 is 0. The molecule has 2 aliphatic rings. The fourth-order valence-electron chi connectivity index (χ4n) is 5.10. The Morgan fingerprint density at radius 3 is 1.97 bits per heavy atom. The zero-order valence-electron chi connectivity index (χ0n) is 18.2. The first-order valence-electron chi connectivity index (χ1n) is 11.5. The molecule has 1 saturated heterocycles. The van der Waals surface area contributed by atoms with Crippen molar-refractivity contribution >= 4 is 11.8 Å². The lowest BCUT2D eigenvalue weighted by Gasteiger charge is -2.37. The molecule has 0 atom stereocenters. The Balaban J connectivity index is 1.24. The minimum absolute atomic E-state index is 0.0530. The summed E-state index contributed by atoms with van der Waals surface area (Å²) < 4.78 is 0. The predicted molar refractivity (Wildman–Crippen MR) is 125 cm³/mol. The van der Waals surface area contributed by atoms with Crippen LogP contribution in [0.5, 0.6) is 0 Å². The largest absolute Gasteiger partial charge is 0.343 e. The van der Waals surface area contributed by atoms with Crippen molar-refractivity contribution in [3.8, 4) is 0 Å². The zero-order valence-corrected chi connectivity index (χ0v) is 18.2. The third-order valence-corrected chi connectivity index (χ3v) is 6.89. The molecular formula is C28H28N2O2. The molecule has 0 aliphatic carbocycles. The molecule has 0 spiro atoms. The highest BCUT2D eigenvalue weighted by Gasteiger charge is 2.35. The summed E-state index contributed by atoms with van der Waals surface area (Å²) in [6.45, 7) is 2.11. The first-order chi connectivity index (χ1) is 15.7. The van der Waals surface area contributed by atoms with Crippen LogP contribution in [0.4, 0.5) is 0 Å². The van der Waals surface area contributed by atoms with Gasteiger partial charge in [0.15, 0.2) is 0 Å². The summed E-state index contributed by atoms with van der Waals surface area (Å²) in [6.07, 6.45) is 2.15. The minimum Gasteiger partial charge on any atom is -0.343 e. The van der Waals surface area contributed by atoms with E-state index in [2.05, 4.69) is 24.3 Å². The number of carbonyl (C=O) groups excluding carboxylic acids is 2.